The number of rotatable bonds is 1. The average molecular weight is 307 g/mol. The molecule has 0 bridgehead atoms. The minimum absolute atomic E-state index is 0.663. The molecular formula is C20H22N3+. The zero-order valence-corrected chi connectivity index (χ0v) is 13.9. The molecule has 3 aromatic rings. The monoisotopic (exact) mass is 307 g/mol. The molecule has 0 aliphatic carbocycles. The van der Waals surface area contributed by atoms with E-state index in [0.29, 0.717) is 5.95 Å². The molecule has 116 valence electrons. The van der Waals surface area contributed by atoms with Crippen molar-refractivity contribution in [1.82, 2.24) is 14.1 Å². The highest BCUT2D eigenvalue weighted by Gasteiger charge is 2.45. The molecule has 0 radical (unpaired) electrons. The summed E-state index contributed by atoms with van der Waals surface area (Å²) in [5.74, 6) is 0.663. The number of benzene rings is 2. The van der Waals surface area contributed by atoms with E-state index in [1.165, 1.54) is 0 Å². The van der Waals surface area contributed by atoms with Crippen molar-refractivity contribution in [3.05, 3.63) is 53.6 Å². The number of nitrogens with zero attached hydrogens (tertiary/aromatic N) is 3. The van der Waals surface area contributed by atoms with Gasteiger partial charge in [0.2, 0.25) is 0 Å². The van der Waals surface area contributed by atoms with Crippen LogP contribution in [0.25, 0.3) is 11.0 Å². The Kier molecular flexibility index (Phi) is 2.21. The molecule has 0 saturated heterocycles. The van der Waals surface area contributed by atoms with Crippen molar-refractivity contribution in [2.45, 2.75) is 40.1 Å². The van der Waals surface area contributed by atoms with Crippen LogP contribution in [0.15, 0.2) is 42.5 Å². The van der Waals surface area contributed by atoms with E-state index in [2.05, 4.69) is 0 Å². The molecule has 0 N–H and O–H groups in total. The van der Waals surface area contributed by atoms with Gasteiger partial charge in [0, 0.05) is 4.11 Å². The molecule has 1 aromatic heterocycles. The van der Waals surface area contributed by atoms with Gasteiger partial charge in [-0.1, -0.05) is 29.2 Å². The first-order valence-corrected chi connectivity index (χ1v) is 7.85. The largest absolute Gasteiger partial charge is 0.405 e. The SMILES string of the molecule is [2H]C([2H])([2H])C1(C)C(C)=[N+](c2ccccc2C)c2nc3cc(C)ccc3n21. The van der Waals surface area contributed by atoms with E-state index >= 15 is 0 Å². The number of aryl methyl sites for hydroxylation is 2. The fourth-order valence-electron chi connectivity index (χ4n) is 3.40. The summed E-state index contributed by atoms with van der Waals surface area (Å²) in [7, 11) is 0. The van der Waals surface area contributed by atoms with Gasteiger partial charge in [-0.2, -0.15) is 4.58 Å². The van der Waals surface area contributed by atoms with Crippen LogP contribution >= 0.6 is 0 Å². The van der Waals surface area contributed by atoms with Crippen molar-refractivity contribution in [3.8, 4) is 0 Å². The van der Waals surface area contributed by atoms with Crippen LogP contribution in [0.4, 0.5) is 11.6 Å². The van der Waals surface area contributed by atoms with Crippen molar-refractivity contribution < 1.29 is 4.11 Å². The van der Waals surface area contributed by atoms with Gasteiger partial charge >= 0.3 is 5.95 Å². The fraction of sp³-hybridized carbons (Fsp3) is 0.300. The lowest BCUT2D eigenvalue weighted by molar-refractivity contribution is 0.528. The van der Waals surface area contributed by atoms with Crippen molar-refractivity contribution in [2.75, 3.05) is 0 Å². The second-order valence-corrected chi connectivity index (χ2v) is 6.52. The molecule has 1 aliphatic rings. The van der Waals surface area contributed by atoms with E-state index in [1.54, 1.807) is 6.92 Å². The van der Waals surface area contributed by atoms with Crippen LogP contribution in [-0.4, -0.2) is 15.3 Å². The van der Waals surface area contributed by atoms with Crippen LogP contribution in [0, 0.1) is 13.8 Å². The highest BCUT2D eigenvalue weighted by Crippen LogP contribution is 2.39. The Hall–Kier alpha value is -2.42. The summed E-state index contributed by atoms with van der Waals surface area (Å²) in [4.78, 5) is 4.83. The minimum Gasteiger partial charge on any atom is -0.213 e. The van der Waals surface area contributed by atoms with Crippen LogP contribution in [0.1, 0.15) is 35.9 Å². The van der Waals surface area contributed by atoms with Gasteiger partial charge in [0.15, 0.2) is 5.52 Å². The number of para-hydroxylation sites is 1. The van der Waals surface area contributed by atoms with Gasteiger partial charge in [0.25, 0.3) is 0 Å². The van der Waals surface area contributed by atoms with E-state index in [0.717, 1.165) is 33.6 Å². The van der Waals surface area contributed by atoms with Gasteiger partial charge < -0.3 is 0 Å². The smallest absolute Gasteiger partial charge is 0.213 e. The number of hydrogen-bond donors (Lipinski definition) is 0. The zero-order chi connectivity index (χ0) is 18.9. The standard InChI is InChI=1S/C20H22N3/c1-13-10-11-18-16(12-13)21-19-22(15(3)20(4,5)23(18)19)17-9-7-6-8-14(17)2/h6-12H,1-5H3/q+1/i4D3. The molecule has 2 aromatic carbocycles. The van der Waals surface area contributed by atoms with Gasteiger partial charge in [0.1, 0.15) is 16.7 Å². The summed E-state index contributed by atoms with van der Waals surface area (Å²) in [5.41, 5.74) is 4.42. The minimum atomic E-state index is -2.21. The molecule has 1 aliphatic heterocycles. The number of fused-ring (bicyclic) bond motifs is 3. The molecule has 2 heterocycles. The van der Waals surface area contributed by atoms with Crippen LogP contribution in [-0.2, 0) is 5.54 Å². The van der Waals surface area contributed by atoms with E-state index in [1.807, 2.05) is 72.4 Å². The number of imidazole rings is 1. The van der Waals surface area contributed by atoms with Gasteiger partial charge in [-0.15, -0.1) is 0 Å². The normalized spacial score (nSPS) is 22.9. The molecular weight excluding hydrogens is 282 g/mol. The summed E-state index contributed by atoms with van der Waals surface area (Å²) in [6, 6.07) is 14.0. The van der Waals surface area contributed by atoms with Gasteiger partial charge in [-0.3, -0.25) is 0 Å². The first-order valence-electron chi connectivity index (χ1n) is 9.35. The highest BCUT2D eigenvalue weighted by molar-refractivity contribution is 5.99. The molecule has 0 fully saturated rings. The Bertz CT molecular complexity index is 1080. The maximum absolute atomic E-state index is 8.29. The summed E-state index contributed by atoms with van der Waals surface area (Å²) in [6.07, 6.45) is 0. The van der Waals surface area contributed by atoms with E-state index in [9.17, 15) is 0 Å². The van der Waals surface area contributed by atoms with Crippen LogP contribution in [0.5, 0.6) is 0 Å². The maximum atomic E-state index is 8.29. The molecule has 4 rings (SSSR count). The van der Waals surface area contributed by atoms with E-state index in [4.69, 9.17) is 9.10 Å². The highest BCUT2D eigenvalue weighted by atomic mass is 15.3. The third kappa shape index (κ3) is 1.83. The summed E-state index contributed by atoms with van der Waals surface area (Å²) < 4.78 is 28.7. The molecule has 0 amide bonds. The molecule has 3 heteroatoms. The van der Waals surface area contributed by atoms with Crippen molar-refractivity contribution in [2.24, 2.45) is 0 Å². The zero-order valence-electron chi connectivity index (χ0n) is 16.9. The van der Waals surface area contributed by atoms with Gasteiger partial charge in [-0.25, -0.2) is 4.57 Å². The Morgan fingerprint density at radius 1 is 1.13 bits per heavy atom. The van der Waals surface area contributed by atoms with E-state index in [-0.39, 0.29) is 0 Å². The Morgan fingerprint density at radius 3 is 2.65 bits per heavy atom. The van der Waals surface area contributed by atoms with Crippen molar-refractivity contribution >= 4 is 28.4 Å². The van der Waals surface area contributed by atoms with Crippen LogP contribution in [0.2, 0.25) is 0 Å². The lowest BCUT2D eigenvalue weighted by Crippen LogP contribution is -2.31. The van der Waals surface area contributed by atoms with E-state index < -0.39 is 12.4 Å². The van der Waals surface area contributed by atoms with Gasteiger partial charge in [-0.05, 0) is 63.9 Å². The van der Waals surface area contributed by atoms with Crippen LogP contribution < -0.4 is 4.58 Å². The molecule has 1 atom stereocenters. The Balaban J connectivity index is 2.15. The second-order valence-electron chi connectivity index (χ2n) is 6.52. The van der Waals surface area contributed by atoms with Crippen molar-refractivity contribution in [3.63, 3.8) is 0 Å². The summed E-state index contributed by atoms with van der Waals surface area (Å²) >= 11 is 0. The topological polar surface area (TPSA) is 20.8 Å². The number of hydrogen-bond acceptors (Lipinski definition) is 1. The van der Waals surface area contributed by atoms with Gasteiger partial charge in [0.05, 0.1) is 5.71 Å². The Morgan fingerprint density at radius 2 is 1.91 bits per heavy atom. The lowest BCUT2D eigenvalue weighted by Gasteiger charge is -2.17. The molecule has 1 unspecified atom stereocenters. The summed E-state index contributed by atoms with van der Waals surface area (Å²) in [5, 5.41) is 0. The molecule has 23 heavy (non-hydrogen) atoms. The third-order valence-corrected chi connectivity index (χ3v) is 4.84. The average Bonchev–Trinajstić information content (AvgIpc) is 3.02. The number of aromatic nitrogens is 2. The first kappa shape index (κ1) is 11.2. The maximum Gasteiger partial charge on any atom is 0.405 e. The second kappa shape index (κ2) is 4.54. The fourth-order valence-corrected chi connectivity index (χ4v) is 3.40. The third-order valence-electron chi connectivity index (χ3n) is 4.84. The van der Waals surface area contributed by atoms with Crippen LogP contribution in [0.3, 0.4) is 0 Å². The molecule has 3 nitrogen and oxygen atoms in total. The van der Waals surface area contributed by atoms with Crippen molar-refractivity contribution in [1.29, 1.82) is 0 Å². The molecule has 0 spiro atoms. The predicted molar refractivity (Wildman–Crippen MR) is 97.1 cm³/mol. The predicted octanol–water partition coefficient (Wildman–Crippen LogP) is 4.70. The Labute approximate surface area is 141 Å². The quantitative estimate of drug-likeness (QED) is 0.597. The molecule has 0 saturated carbocycles. The first-order chi connectivity index (χ1) is 12.2. The lowest BCUT2D eigenvalue weighted by atomic mass is 9.99. The summed E-state index contributed by atoms with van der Waals surface area (Å²) in [6.45, 7) is 5.53.